The van der Waals surface area contributed by atoms with Crippen LogP contribution in [0.3, 0.4) is 0 Å². The molecule has 0 atom stereocenters. The van der Waals surface area contributed by atoms with Crippen LogP contribution in [0.5, 0.6) is 11.5 Å². The van der Waals surface area contributed by atoms with Crippen LogP contribution >= 0.6 is 0 Å². The van der Waals surface area contributed by atoms with Gasteiger partial charge in [0.15, 0.2) is 11.5 Å². The fraction of sp³-hybridized carbons (Fsp3) is 0. The van der Waals surface area contributed by atoms with Gasteiger partial charge in [0.05, 0.1) is 28.6 Å². The second kappa shape index (κ2) is 5.69. The third-order valence-corrected chi connectivity index (χ3v) is 4.03. The van der Waals surface area contributed by atoms with E-state index in [0.717, 1.165) is 11.1 Å². The zero-order valence-electron chi connectivity index (χ0n) is 13.0. The van der Waals surface area contributed by atoms with Gasteiger partial charge in [-0.15, -0.1) is 0 Å². The Morgan fingerprint density at radius 1 is 1.00 bits per heavy atom. The number of nitrogens with zero attached hydrogens (tertiary/aromatic N) is 1. The summed E-state index contributed by atoms with van der Waals surface area (Å²) in [7, 11) is 0. The lowest BCUT2D eigenvalue weighted by atomic mass is 10.0. The number of hydrogen-bond acceptors (Lipinski definition) is 4. The van der Waals surface area contributed by atoms with Gasteiger partial charge in [0.25, 0.3) is 0 Å². The van der Waals surface area contributed by atoms with Crippen LogP contribution in [0.15, 0.2) is 60.7 Å². The minimum atomic E-state index is -1.12. The van der Waals surface area contributed by atoms with E-state index in [2.05, 4.69) is 5.32 Å². The predicted octanol–water partition coefficient (Wildman–Crippen LogP) is 4.77. The Kier molecular flexibility index (Phi) is 3.37. The Bertz CT molecular complexity index is 1040. The molecule has 0 amide bonds. The molecule has 0 fully saturated rings. The van der Waals surface area contributed by atoms with Gasteiger partial charge in [0.1, 0.15) is 0 Å². The van der Waals surface area contributed by atoms with Gasteiger partial charge in [-0.05, 0) is 29.3 Å². The number of nitrogens with one attached hydrogen (secondary N) is 1. The number of hydrogen-bond donors (Lipinski definition) is 2. The largest absolute Gasteiger partial charge is 0.478 e. The Morgan fingerprint density at radius 3 is 2.52 bits per heavy atom. The van der Waals surface area contributed by atoms with Crippen molar-refractivity contribution in [1.82, 2.24) is 0 Å². The van der Waals surface area contributed by atoms with E-state index in [-0.39, 0.29) is 11.1 Å². The zero-order valence-corrected chi connectivity index (χ0v) is 13.0. The quantitative estimate of drug-likeness (QED) is 0.554. The number of nitriles is 1. The summed E-state index contributed by atoms with van der Waals surface area (Å²) >= 11 is 0. The van der Waals surface area contributed by atoms with E-state index in [4.69, 9.17) is 10.00 Å². The molecule has 0 saturated carbocycles. The van der Waals surface area contributed by atoms with Crippen molar-refractivity contribution >= 4 is 17.3 Å². The van der Waals surface area contributed by atoms with E-state index in [1.165, 1.54) is 12.1 Å². The summed E-state index contributed by atoms with van der Waals surface area (Å²) in [5.41, 5.74) is 3.32. The Hall–Kier alpha value is -3.78. The minimum Gasteiger partial charge on any atom is -0.478 e. The van der Waals surface area contributed by atoms with Crippen molar-refractivity contribution in [2.45, 2.75) is 0 Å². The second-order valence-corrected chi connectivity index (χ2v) is 5.62. The van der Waals surface area contributed by atoms with Crippen LogP contribution in [0.25, 0.3) is 11.1 Å². The van der Waals surface area contributed by atoms with Crippen LogP contribution < -0.4 is 10.1 Å². The van der Waals surface area contributed by atoms with Crippen LogP contribution in [0.1, 0.15) is 15.9 Å². The van der Waals surface area contributed by atoms with Crippen LogP contribution in [0, 0.1) is 11.3 Å². The summed E-state index contributed by atoms with van der Waals surface area (Å²) in [5, 5.41) is 21.7. The molecule has 1 heterocycles. The molecular formula is C20H12N2O3. The highest BCUT2D eigenvalue weighted by molar-refractivity contribution is 5.99. The topological polar surface area (TPSA) is 82.4 Å². The first-order chi connectivity index (χ1) is 12.2. The smallest absolute Gasteiger partial charge is 0.338 e. The van der Waals surface area contributed by atoms with Crippen LogP contribution in [-0.4, -0.2) is 11.1 Å². The molecule has 120 valence electrons. The molecule has 0 aliphatic carbocycles. The molecule has 0 aromatic heterocycles. The fourth-order valence-electron chi connectivity index (χ4n) is 2.84. The monoisotopic (exact) mass is 328 g/mol. The van der Waals surface area contributed by atoms with Crippen LogP contribution in [-0.2, 0) is 0 Å². The average Bonchev–Trinajstić information content (AvgIpc) is 2.65. The van der Waals surface area contributed by atoms with E-state index in [1.807, 2.05) is 54.6 Å². The Labute approximate surface area is 143 Å². The lowest BCUT2D eigenvalue weighted by Gasteiger charge is -2.24. The summed E-state index contributed by atoms with van der Waals surface area (Å²) in [6.07, 6.45) is 0. The van der Waals surface area contributed by atoms with Crippen molar-refractivity contribution in [2.24, 2.45) is 0 Å². The van der Waals surface area contributed by atoms with Gasteiger partial charge in [0, 0.05) is 6.07 Å². The molecule has 0 bridgehead atoms. The van der Waals surface area contributed by atoms with Gasteiger partial charge in [-0.3, -0.25) is 0 Å². The van der Waals surface area contributed by atoms with E-state index in [1.54, 1.807) is 0 Å². The van der Waals surface area contributed by atoms with Gasteiger partial charge in [0.2, 0.25) is 0 Å². The lowest BCUT2D eigenvalue weighted by molar-refractivity contribution is 0.0697. The normalized spacial score (nSPS) is 11.3. The van der Waals surface area contributed by atoms with E-state index >= 15 is 0 Å². The number of benzene rings is 3. The number of carboxylic acids is 1. The maximum Gasteiger partial charge on any atom is 0.338 e. The molecule has 0 unspecified atom stereocenters. The molecule has 4 rings (SSSR count). The molecule has 1 aliphatic rings. The molecule has 25 heavy (non-hydrogen) atoms. The highest BCUT2D eigenvalue weighted by atomic mass is 16.5. The maximum absolute atomic E-state index is 11.5. The lowest BCUT2D eigenvalue weighted by Crippen LogP contribution is -2.09. The number of carbonyl (C=O) groups is 1. The predicted molar refractivity (Wildman–Crippen MR) is 93.4 cm³/mol. The standard InChI is InChI=1S/C20H12N2O3/c21-11-12-8-15(20(23)24)19-18(9-12)25-17-7-6-14(10-16(17)22-19)13-4-2-1-3-5-13/h1-10,22H,(H,23,24). The Morgan fingerprint density at radius 2 is 1.80 bits per heavy atom. The SMILES string of the molecule is N#Cc1cc2c(c(C(=O)O)c1)Nc1cc(-c3ccccc3)ccc1O2. The highest BCUT2D eigenvalue weighted by Crippen LogP contribution is 2.45. The van der Waals surface area contributed by atoms with Crippen molar-refractivity contribution < 1.29 is 14.6 Å². The third-order valence-electron chi connectivity index (χ3n) is 4.03. The first kappa shape index (κ1) is 14.8. The molecule has 5 heteroatoms. The molecule has 0 radical (unpaired) electrons. The molecule has 3 aromatic carbocycles. The number of anilines is 2. The summed E-state index contributed by atoms with van der Waals surface area (Å²) in [5.74, 6) is -0.206. The van der Waals surface area contributed by atoms with Gasteiger partial charge in [-0.1, -0.05) is 36.4 Å². The summed E-state index contributed by atoms with van der Waals surface area (Å²) in [4.78, 5) is 11.5. The van der Waals surface area contributed by atoms with Crippen molar-refractivity contribution in [1.29, 1.82) is 5.26 Å². The first-order valence-corrected chi connectivity index (χ1v) is 7.61. The van der Waals surface area contributed by atoms with Gasteiger partial charge < -0.3 is 15.2 Å². The maximum atomic E-state index is 11.5. The molecule has 0 spiro atoms. The van der Waals surface area contributed by atoms with Crippen molar-refractivity contribution in [3.8, 4) is 28.7 Å². The first-order valence-electron chi connectivity index (χ1n) is 7.61. The molecule has 0 saturated heterocycles. The van der Waals surface area contributed by atoms with E-state index in [9.17, 15) is 9.90 Å². The van der Waals surface area contributed by atoms with Crippen LogP contribution in [0.4, 0.5) is 11.4 Å². The van der Waals surface area contributed by atoms with Crippen LogP contribution in [0.2, 0.25) is 0 Å². The van der Waals surface area contributed by atoms with Crippen molar-refractivity contribution in [3.63, 3.8) is 0 Å². The number of ether oxygens (including phenoxy) is 1. The fourth-order valence-corrected chi connectivity index (χ4v) is 2.84. The van der Waals surface area contributed by atoms with Crippen molar-refractivity contribution in [3.05, 3.63) is 71.8 Å². The van der Waals surface area contributed by atoms with Crippen molar-refractivity contribution in [2.75, 3.05) is 5.32 Å². The molecule has 5 nitrogen and oxygen atoms in total. The molecule has 1 aliphatic heterocycles. The van der Waals surface area contributed by atoms with Gasteiger partial charge >= 0.3 is 5.97 Å². The summed E-state index contributed by atoms with van der Waals surface area (Å²) < 4.78 is 5.82. The molecule has 2 N–H and O–H groups in total. The Balaban J connectivity index is 1.81. The number of carboxylic acid groups (broad SMARTS) is 1. The summed E-state index contributed by atoms with van der Waals surface area (Å²) in [6.45, 7) is 0. The number of rotatable bonds is 2. The van der Waals surface area contributed by atoms with E-state index < -0.39 is 5.97 Å². The third kappa shape index (κ3) is 2.56. The second-order valence-electron chi connectivity index (χ2n) is 5.62. The molecule has 3 aromatic rings. The highest BCUT2D eigenvalue weighted by Gasteiger charge is 2.24. The number of fused-ring (bicyclic) bond motifs is 2. The average molecular weight is 328 g/mol. The minimum absolute atomic E-state index is 0.00446. The van der Waals surface area contributed by atoms with E-state index in [0.29, 0.717) is 22.9 Å². The number of aromatic carboxylic acids is 1. The van der Waals surface area contributed by atoms with Gasteiger partial charge in [-0.2, -0.15) is 5.26 Å². The summed E-state index contributed by atoms with van der Waals surface area (Å²) in [6, 6.07) is 20.4. The zero-order chi connectivity index (χ0) is 17.4. The molecular weight excluding hydrogens is 316 g/mol. The van der Waals surface area contributed by atoms with Gasteiger partial charge in [-0.25, -0.2) is 4.79 Å².